The Labute approximate surface area is 186 Å². The third-order valence-corrected chi connectivity index (χ3v) is 6.27. The lowest BCUT2D eigenvalue weighted by Crippen LogP contribution is -2.51. The molecule has 2 saturated heterocycles. The first-order valence-electron chi connectivity index (χ1n) is 10.7. The molecule has 0 aliphatic carbocycles. The molecule has 2 fully saturated rings. The van der Waals surface area contributed by atoms with E-state index < -0.39 is 0 Å². The van der Waals surface area contributed by atoms with Crippen molar-refractivity contribution in [1.29, 1.82) is 5.26 Å². The molecular weight excluding hydrogens is 394 g/mol. The highest BCUT2D eigenvalue weighted by Crippen LogP contribution is 2.29. The Bertz CT molecular complexity index is 866. The summed E-state index contributed by atoms with van der Waals surface area (Å²) in [6.45, 7) is 11.4. The van der Waals surface area contributed by atoms with Crippen molar-refractivity contribution < 1.29 is 0 Å². The molecule has 0 unspecified atom stereocenters. The number of nitrogens with zero attached hydrogens (tertiary/aromatic N) is 4. The van der Waals surface area contributed by atoms with Gasteiger partial charge < -0.3 is 15.1 Å². The SMILES string of the molecule is C[C@@H]1CN(c2ccc(N3CCNC[C@H]3C)cc2C#N)CCN1Cc1ccccc1.Cl. The zero-order valence-electron chi connectivity index (χ0n) is 17.9. The van der Waals surface area contributed by atoms with Gasteiger partial charge in [0.15, 0.2) is 0 Å². The summed E-state index contributed by atoms with van der Waals surface area (Å²) in [4.78, 5) is 7.33. The lowest BCUT2D eigenvalue weighted by molar-refractivity contribution is 0.181. The normalized spacial score (nSPS) is 22.3. The molecule has 0 bridgehead atoms. The van der Waals surface area contributed by atoms with E-state index in [0.29, 0.717) is 12.1 Å². The van der Waals surface area contributed by atoms with Crippen LogP contribution >= 0.6 is 12.4 Å². The molecular formula is C24H32ClN5. The number of rotatable bonds is 4. The van der Waals surface area contributed by atoms with Gasteiger partial charge in [-0.2, -0.15) is 5.26 Å². The Hall–Kier alpha value is -2.26. The average molecular weight is 426 g/mol. The molecule has 5 nitrogen and oxygen atoms in total. The maximum absolute atomic E-state index is 9.83. The van der Waals surface area contributed by atoms with E-state index in [-0.39, 0.29) is 12.4 Å². The van der Waals surface area contributed by atoms with Gasteiger partial charge in [-0.05, 0) is 37.6 Å². The molecule has 2 aromatic rings. The monoisotopic (exact) mass is 425 g/mol. The highest BCUT2D eigenvalue weighted by atomic mass is 35.5. The molecule has 2 heterocycles. The van der Waals surface area contributed by atoms with Crippen LogP contribution in [0.15, 0.2) is 48.5 Å². The second-order valence-corrected chi connectivity index (χ2v) is 8.31. The second kappa shape index (κ2) is 10.2. The Balaban J connectivity index is 0.00000256. The lowest BCUT2D eigenvalue weighted by Gasteiger charge is -2.41. The molecule has 4 rings (SSSR count). The summed E-state index contributed by atoms with van der Waals surface area (Å²) in [7, 11) is 0. The van der Waals surface area contributed by atoms with Crippen LogP contribution in [0.4, 0.5) is 11.4 Å². The summed E-state index contributed by atoms with van der Waals surface area (Å²) < 4.78 is 0. The molecule has 0 aromatic heterocycles. The minimum absolute atomic E-state index is 0. The molecule has 2 aromatic carbocycles. The van der Waals surface area contributed by atoms with Crippen molar-refractivity contribution in [1.82, 2.24) is 10.2 Å². The highest BCUT2D eigenvalue weighted by molar-refractivity contribution is 5.85. The fourth-order valence-corrected chi connectivity index (χ4v) is 4.56. The minimum Gasteiger partial charge on any atom is -0.368 e. The summed E-state index contributed by atoms with van der Waals surface area (Å²) in [5, 5.41) is 13.3. The number of nitriles is 1. The van der Waals surface area contributed by atoms with Crippen molar-refractivity contribution in [3.8, 4) is 6.07 Å². The Morgan fingerprint density at radius 1 is 1.03 bits per heavy atom. The average Bonchev–Trinajstić information content (AvgIpc) is 2.76. The van der Waals surface area contributed by atoms with Gasteiger partial charge in [-0.15, -0.1) is 12.4 Å². The molecule has 2 atom stereocenters. The first-order valence-corrected chi connectivity index (χ1v) is 10.7. The third-order valence-electron chi connectivity index (χ3n) is 6.27. The number of halogens is 1. The number of hydrogen-bond acceptors (Lipinski definition) is 5. The molecule has 6 heteroatoms. The number of benzene rings is 2. The van der Waals surface area contributed by atoms with Crippen molar-refractivity contribution in [2.45, 2.75) is 32.5 Å². The zero-order valence-corrected chi connectivity index (χ0v) is 18.7. The van der Waals surface area contributed by atoms with E-state index in [4.69, 9.17) is 0 Å². The molecule has 0 spiro atoms. The minimum atomic E-state index is 0. The maximum Gasteiger partial charge on any atom is 0.101 e. The van der Waals surface area contributed by atoms with E-state index in [9.17, 15) is 5.26 Å². The zero-order chi connectivity index (χ0) is 20.2. The second-order valence-electron chi connectivity index (χ2n) is 8.31. The van der Waals surface area contributed by atoms with E-state index in [0.717, 1.165) is 62.8 Å². The van der Waals surface area contributed by atoms with Crippen molar-refractivity contribution in [3.05, 3.63) is 59.7 Å². The van der Waals surface area contributed by atoms with Gasteiger partial charge in [0.2, 0.25) is 0 Å². The van der Waals surface area contributed by atoms with E-state index >= 15 is 0 Å². The standard InChI is InChI=1S/C24H31N5.ClH/c1-19-16-26-10-11-29(19)23-8-9-24(22(14-23)15-25)28-13-12-27(20(2)17-28)18-21-6-4-3-5-7-21;/h3-9,14,19-20,26H,10-13,16-18H2,1-2H3;1H/t19-,20-;/m1./s1. The Morgan fingerprint density at radius 2 is 1.83 bits per heavy atom. The van der Waals surface area contributed by atoms with Crippen LogP contribution in [-0.4, -0.2) is 56.3 Å². The van der Waals surface area contributed by atoms with Crippen LogP contribution in [0.1, 0.15) is 25.0 Å². The fourth-order valence-electron chi connectivity index (χ4n) is 4.56. The number of hydrogen-bond donors (Lipinski definition) is 1. The van der Waals surface area contributed by atoms with Crippen LogP contribution in [0.3, 0.4) is 0 Å². The van der Waals surface area contributed by atoms with Gasteiger partial charge in [0, 0.05) is 63.6 Å². The summed E-state index contributed by atoms with van der Waals surface area (Å²) >= 11 is 0. The topological polar surface area (TPSA) is 45.5 Å². The van der Waals surface area contributed by atoms with Gasteiger partial charge in [0.05, 0.1) is 11.3 Å². The van der Waals surface area contributed by atoms with Crippen molar-refractivity contribution >= 4 is 23.8 Å². The van der Waals surface area contributed by atoms with E-state index in [1.807, 2.05) is 0 Å². The molecule has 1 N–H and O–H groups in total. The van der Waals surface area contributed by atoms with Crippen LogP contribution in [0.2, 0.25) is 0 Å². The van der Waals surface area contributed by atoms with Crippen molar-refractivity contribution in [2.24, 2.45) is 0 Å². The molecule has 2 aliphatic heterocycles. The summed E-state index contributed by atoms with van der Waals surface area (Å²) in [6, 6.07) is 20.5. The van der Waals surface area contributed by atoms with Gasteiger partial charge in [-0.1, -0.05) is 30.3 Å². The molecule has 160 valence electrons. The first kappa shape index (κ1) is 22.4. The molecule has 0 radical (unpaired) electrons. The van der Waals surface area contributed by atoms with E-state index in [2.05, 4.69) is 88.5 Å². The quantitative estimate of drug-likeness (QED) is 0.812. The van der Waals surface area contributed by atoms with Crippen LogP contribution < -0.4 is 15.1 Å². The van der Waals surface area contributed by atoms with Crippen LogP contribution in [0, 0.1) is 11.3 Å². The van der Waals surface area contributed by atoms with Crippen molar-refractivity contribution in [2.75, 3.05) is 49.1 Å². The van der Waals surface area contributed by atoms with Gasteiger partial charge in [-0.3, -0.25) is 4.90 Å². The number of nitrogens with one attached hydrogen (secondary N) is 1. The Morgan fingerprint density at radius 3 is 2.53 bits per heavy atom. The van der Waals surface area contributed by atoms with Crippen molar-refractivity contribution in [3.63, 3.8) is 0 Å². The first-order chi connectivity index (χ1) is 14.2. The maximum atomic E-state index is 9.83. The van der Waals surface area contributed by atoms with Crippen LogP contribution in [-0.2, 0) is 6.54 Å². The number of piperazine rings is 2. The molecule has 0 amide bonds. The predicted molar refractivity (Wildman–Crippen MR) is 127 cm³/mol. The molecule has 30 heavy (non-hydrogen) atoms. The van der Waals surface area contributed by atoms with Crippen LogP contribution in [0.5, 0.6) is 0 Å². The summed E-state index contributed by atoms with van der Waals surface area (Å²) in [5.74, 6) is 0. The third kappa shape index (κ3) is 4.89. The van der Waals surface area contributed by atoms with Gasteiger partial charge in [0.25, 0.3) is 0 Å². The van der Waals surface area contributed by atoms with Gasteiger partial charge in [0.1, 0.15) is 6.07 Å². The Kier molecular flexibility index (Phi) is 7.60. The summed E-state index contributed by atoms with van der Waals surface area (Å²) in [5.41, 5.74) is 4.39. The lowest BCUT2D eigenvalue weighted by atomic mass is 10.1. The molecule has 0 saturated carbocycles. The highest BCUT2D eigenvalue weighted by Gasteiger charge is 2.26. The predicted octanol–water partition coefficient (Wildman–Crippen LogP) is 3.49. The number of anilines is 2. The largest absolute Gasteiger partial charge is 0.368 e. The fraction of sp³-hybridized carbons (Fsp3) is 0.458. The smallest absolute Gasteiger partial charge is 0.101 e. The van der Waals surface area contributed by atoms with E-state index in [1.165, 1.54) is 5.56 Å². The summed E-state index contributed by atoms with van der Waals surface area (Å²) in [6.07, 6.45) is 0. The molecule has 2 aliphatic rings. The van der Waals surface area contributed by atoms with Crippen LogP contribution in [0.25, 0.3) is 0 Å². The van der Waals surface area contributed by atoms with E-state index in [1.54, 1.807) is 0 Å². The van der Waals surface area contributed by atoms with Gasteiger partial charge in [-0.25, -0.2) is 0 Å². The van der Waals surface area contributed by atoms with Gasteiger partial charge >= 0.3 is 0 Å².